The van der Waals surface area contributed by atoms with E-state index in [1.165, 1.54) is 0 Å². The molecule has 1 fully saturated rings. The van der Waals surface area contributed by atoms with Gasteiger partial charge in [-0.05, 0) is 25.7 Å². The van der Waals surface area contributed by atoms with Crippen molar-refractivity contribution in [3.63, 3.8) is 0 Å². The van der Waals surface area contributed by atoms with Crippen LogP contribution in [0.15, 0.2) is 0 Å². The topological polar surface area (TPSA) is 55.4 Å². The molecule has 2 amide bonds. The van der Waals surface area contributed by atoms with E-state index < -0.39 is 15.8 Å². The summed E-state index contributed by atoms with van der Waals surface area (Å²) in [6, 6.07) is 0. The van der Waals surface area contributed by atoms with Crippen molar-refractivity contribution < 1.29 is 14.3 Å². The Hall–Kier alpha value is -0.190. The van der Waals surface area contributed by atoms with Gasteiger partial charge in [-0.2, -0.15) is 0 Å². The van der Waals surface area contributed by atoms with Gasteiger partial charge in [-0.25, -0.2) is 4.79 Å². The second-order valence-electron chi connectivity index (χ2n) is 3.62. The Labute approximate surface area is 109 Å². The molecule has 1 N–H and O–H groups in total. The lowest BCUT2D eigenvalue weighted by Gasteiger charge is -2.22. The molecule has 0 radical (unpaired) electrons. The zero-order valence-corrected chi connectivity index (χ0v) is 10.7. The highest BCUT2D eigenvalue weighted by atomic mass is 35.6. The molecule has 0 aromatic carbocycles. The Morgan fingerprint density at radius 2 is 1.69 bits per heavy atom. The van der Waals surface area contributed by atoms with Crippen LogP contribution in [0.25, 0.3) is 0 Å². The second kappa shape index (κ2) is 5.94. The summed E-state index contributed by atoms with van der Waals surface area (Å²) in [6.45, 7) is 0. The average Bonchev–Trinajstić information content (AvgIpc) is 2.17. The van der Waals surface area contributed by atoms with Gasteiger partial charge in [-0.1, -0.05) is 41.2 Å². The van der Waals surface area contributed by atoms with Crippen LogP contribution in [0.5, 0.6) is 0 Å². The molecule has 16 heavy (non-hydrogen) atoms. The number of hydrogen-bond donors (Lipinski definition) is 1. The van der Waals surface area contributed by atoms with Crippen LogP contribution in [0.2, 0.25) is 0 Å². The van der Waals surface area contributed by atoms with Crippen molar-refractivity contribution in [3.05, 3.63) is 0 Å². The third-order valence-corrected chi connectivity index (χ3v) is 2.81. The minimum Gasteiger partial charge on any atom is -0.446 e. The minimum atomic E-state index is -2.15. The SMILES string of the molecule is O=C(NC(=O)C(Cl)(Cl)Cl)OC1CCCCC1. The van der Waals surface area contributed by atoms with Crippen LogP contribution in [0.4, 0.5) is 4.79 Å². The Morgan fingerprint density at radius 3 is 2.19 bits per heavy atom. The van der Waals surface area contributed by atoms with E-state index in [0.29, 0.717) is 0 Å². The molecule has 0 aromatic heterocycles. The van der Waals surface area contributed by atoms with E-state index in [2.05, 4.69) is 0 Å². The summed E-state index contributed by atoms with van der Waals surface area (Å²) in [5, 5.41) is 1.87. The van der Waals surface area contributed by atoms with Gasteiger partial charge < -0.3 is 4.74 Å². The first-order valence-electron chi connectivity index (χ1n) is 4.98. The minimum absolute atomic E-state index is 0.142. The first-order valence-corrected chi connectivity index (χ1v) is 6.12. The molecule has 0 atom stereocenters. The number of imide groups is 1. The number of alkyl carbamates (subject to hydrolysis) is 1. The molecule has 0 aromatic rings. The van der Waals surface area contributed by atoms with Crippen LogP contribution < -0.4 is 5.32 Å². The molecule has 0 saturated heterocycles. The average molecular weight is 289 g/mol. The van der Waals surface area contributed by atoms with E-state index in [1.807, 2.05) is 5.32 Å². The lowest BCUT2D eigenvalue weighted by molar-refractivity contribution is -0.119. The molecule has 4 nitrogen and oxygen atoms in total. The molecule has 0 aliphatic heterocycles. The van der Waals surface area contributed by atoms with Crippen molar-refractivity contribution >= 4 is 46.8 Å². The number of hydrogen-bond acceptors (Lipinski definition) is 3. The van der Waals surface area contributed by atoms with Crippen LogP contribution in [0.3, 0.4) is 0 Å². The van der Waals surface area contributed by atoms with Gasteiger partial charge in [0.05, 0.1) is 0 Å². The normalized spacial score (nSPS) is 17.9. The van der Waals surface area contributed by atoms with Crippen molar-refractivity contribution in [2.45, 2.75) is 42.0 Å². The lowest BCUT2D eigenvalue weighted by atomic mass is 9.98. The number of carbonyl (C=O) groups excluding carboxylic acids is 2. The Morgan fingerprint density at radius 1 is 1.12 bits per heavy atom. The van der Waals surface area contributed by atoms with Gasteiger partial charge in [0.15, 0.2) is 0 Å². The molecule has 0 spiro atoms. The number of amides is 2. The number of carbonyl (C=O) groups is 2. The van der Waals surface area contributed by atoms with Crippen molar-refractivity contribution in [3.8, 4) is 0 Å². The summed E-state index contributed by atoms with van der Waals surface area (Å²) in [6.07, 6.45) is 3.83. The molecule has 7 heteroatoms. The fourth-order valence-corrected chi connectivity index (χ4v) is 1.67. The van der Waals surface area contributed by atoms with Gasteiger partial charge in [0, 0.05) is 0 Å². The maximum Gasteiger partial charge on any atom is 0.414 e. The zero-order valence-electron chi connectivity index (χ0n) is 8.47. The number of alkyl halides is 3. The van der Waals surface area contributed by atoms with Gasteiger partial charge in [0.1, 0.15) is 6.10 Å². The maximum atomic E-state index is 11.2. The van der Waals surface area contributed by atoms with Crippen molar-refractivity contribution in [1.29, 1.82) is 0 Å². The molecule has 0 bridgehead atoms. The zero-order chi connectivity index (χ0) is 12.2. The Bertz CT molecular complexity index is 272. The van der Waals surface area contributed by atoms with Crippen LogP contribution >= 0.6 is 34.8 Å². The predicted molar refractivity (Wildman–Crippen MR) is 61.8 cm³/mol. The lowest BCUT2D eigenvalue weighted by Crippen LogP contribution is -2.40. The van der Waals surface area contributed by atoms with E-state index in [0.717, 1.165) is 32.1 Å². The molecule has 0 heterocycles. The van der Waals surface area contributed by atoms with Gasteiger partial charge in [0.25, 0.3) is 9.70 Å². The van der Waals surface area contributed by atoms with Gasteiger partial charge in [0.2, 0.25) is 0 Å². The number of ether oxygens (including phenoxy) is 1. The highest BCUT2D eigenvalue weighted by molar-refractivity contribution is 6.76. The van der Waals surface area contributed by atoms with Crippen LogP contribution in [-0.4, -0.2) is 21.9 Å². The second-order valence-corrected chi connectivity index (χ2v) is 5.90. The van der Waals surface area contributed by atoms with E-state index in [4.69, 9.17) is 39.5 Å². The van der Waals surface area contributed by atoms with E-state index >= 15 is 0 Å². The standard InChI is InChI=1S/C9H12Cl3NO3/c10-9(11,12)7(14)13-8(15)16-6-4-2-1-3-5-6/h6H,1-5H2,(H,13,14,15). The fraction of sp³-hybridized carbons (Fsp3) is 0.778. The molecule has 1 saturated carbocycles. The Kier molecular flexibility index (Phi) is 5.15. The predicted octanol–water partition coefficient (Wildman–Crippen LogP) is 2.94. The molecule has 92 valence electrons. The molecule has 0 unspecified atom stereocenters. The summed E-state index contributed by atoms with van der Waals surface area (Å²) < 4.78 is 2.86. The summed E-state index contributed by atoms with van der Waals surface area (Å²) in [4.78, 5) is 22.3. The molecule has 1 aliphatic rings. The molecular formula is C9H12Cl3NO3. The highest BCUT2D eigenvalue weighted by Gasteiger charge is 2.33. The van der Waals surface area contributed by atoms with Gasteiger partial charge in [-0.15, -0.1) is 0 Å². The van der Waals surface area contributed by atoms with Crippen LogP contribution in [0, 0.1) is 0 Å². The van der Waals surface area contributed by atoms with Crippen LogP contribution in [-0.2, 0) is 9.53 Å². The smallest absolute Gasteiger partial charge is 0.414 e. The van der Waals surface area contributed by atoms with Gasteiger partial charge >= 0.3 is 6.09 Å². The molecule has 1 rings (SSSR count). The van der Waals surface area contributed by atoms with E-state index in [-0.39, 0.29) is 6.10 Å². The largest absolute Gasteiger partial charge is 0.446 e. The highest BCUT2D eigenvalue weighted by Crippen LogP contribution is 2.26. The number of halogens is 3. The van der Waals surface area contributed by atoms with E-state index in [9.17, 15) is 9.59 Å². The van der Waals surface area contributed by atoms with Gasteiger partial charge in [-0.3, -0.25) is 10.1 Å². The number of nitrogens with one attached hydrogen (secondary N) is 1. The monoisotopic (exact) mass is 287 g/mol. The third kappa shape index (κ3) is 4.76. The first-order chi connectivity index (χ1) is 7.39. The quantitative estimate of drug-likeness (QED) is 0.755. The molecular weight excluding hydrogens is 276 g/mol. The Balaban J connectivity index is 2.32. The van der Waals surface area contributed by atoms with Crippen molar-refractivity contribution in [2.24, 2.45) is 0 Å². The fourth-order valence-electron chi connectivity index (χ4n) is 1.53. The van der Waals surface area contributed by atoms with E-state index in [1.54, 1.807) is 0 Å². The molecule has 1 aliphatic carbocycles. The maximum absolute atomic E-state index is 11.2. The van der Waals surface area contributed by atoms with Crippen LogP contribution in [0.1, 0.15) is 32.1 Å². The van der Waals surface area contributed by atoms with Crippen molar-refractivity contribution in [1.82, 2.24) is 5.32 Å². The summed E-state index contributed by atoms with van der Waals surface area (Å²) >= 11 is 15.8. The summed E-state index contributed by atoms with van der Waals surface area (Å²) in [7, 11) is 0. The first kappa shape index (κ1) is 13.9. The summed E-state index contributed by atoms with van der Waals surface area (Å²) in [5.74, 6) is -1.00. The summed E-state index contributed by atoms with van der Waals surface area (Å²) in [5.41, 5.74) is 0. The number of rotatable bonds is 1. The van der Waals surface area contributed by atoms with Crippen molar-refractivity contribution in [2.75, 3.05) is 0 Å². The third-order valence-electron chi connectivity index (χ3n) is 2.30.